The summed E-state index contributed by atoms with van der Waals surface area (Å²) >= 11 is 0. The lowest BCUT2D eigenvalue weighted by Crippen LogP contribution is -2.47. The van der Waals surface area contributed by atoms with Crippen LogP contribution in [0.1, 0.15) is 86.3 Å². The summed E-state index contributed by atoms with van der Waals surface area (Å²) in [5.74, 6) is -6.31. The van der Waals surface area contributed by atoms with Crippen LogP contribution in [0.2, 0.25) is 0 Å². The molecule has 34 nitrogen and oxygen atoms in total. The van der Waals surface area contributed by atoms with Crippen LogP contribution in [-0.4, -0.2) is 284 Å². The molecule has 2 atom stereocenters. The van der Waals surface area contributed by atoms with Gasteiger partial charge in [0, 0.05) is 52.4 Å². The molecule has 528 valence electrons. The van der Waals surface area contributed by atoms with Crippen molar-refractivity contribution in [1.29, 1.82) is 0 Å². The van der Waals surface area contributed by atoms with Crippen LogP contribution in [0.3, 0.4) is 0 Å². The number of aromatic nitrogens is 3. The van der Waals surface area contributed by atoms with E-state index in [0.717, 1.165) is 0 Å². The van der Waals surface area contributed by atoms with Gasteiger partial charge in [0.2, 0.25) is 0 Å². The Morgan fingerprint density at radius 1 is 0.413 bits per heavy atom. The van der Waals surface area contributed by atoms with Crippen molar-refractivity contribution >= 4 is 60.2 Å². The summed E-state index contributed by atoms with van der Waals surface area (Å²) in [7, 11) is 10.8. The molecule has 0 radical (unpaired) electrons. The first-order valence-electron chi connectivity index (χ1n) is 30.1. The van der Waals surface area contributed by atoms with Crippen molar-refractivity contribution in [3.8, 4) is 0 Å². The molecular weight excluding hydrogens is 1220 g/mol. The number of amides is 4. The Labute approximate surface area is 537 Å². The number of aliphatic hydroxyl groups excluding tert-OH is 4. The van der Waals surface area contributed by atoms with E-state index in [9.17, 15) is 68.4 Å². The van der Waals surface area contributed by atoms with Crippen LogP contribution in [0.25, 0.3) is 0 Å². The van der Waals surface area contributed by atoms with E-state index < -0.39 is 179 Å². The van der Waals surface area contributed by atoms with Crippen molar-refractivity contribution in [2.45, 2.75) is 93.7 Å². The van der Waals surface area contributed by atoms with Gasteiger partial charge in [-0.3, -0.25) is 33.4 Å². The van der Waals surface area contributed by atoms with Gasteiger partial charge >= 0.3 is 60.2 Å². The molecule has 4 amide bonds. The second-order valence-electron chi connectivity index (χ2n) is 24.8. The molecule has 0 fully saturated rings. The topological polar surface area (TPSA) is 432 Å². The molecule has 1 aromatic rings. The SMILES string of the molecule is CCCNC(=O)OCC(C)(COC(=O)NCCN(C)C)C(=O)OCC(C)(COC(=O)C(C)(COC(=O)NCCN(C)C)COC(=O)NCCN(C)C)C(=O)OCCCCCCn1cc(COC(=O)C(C)(COC(=O)C(C)(CO)CO)COC(=O)C(C)(CO)CO)nn1. The van der Waals surface area contributed by atoms with Gasteiger partial charge in [-0.2, -0.15) is 0 Å². The van der Waals surface area contributed by atoms with Crippen LogP contribution in [0, 0.1) is 32.5 Å². The second-order valence-corrected chi connectivity index (χ2v) is 24.8. The summed E-state index contributed by atoms with van der Waals surface area (Å²) in [6.45, 7) is 2.52. The Bertz CT molecular complexity index is 2410. The number of unbranched alkanes of at least 4 members (excludes halogenated alkanes) is 3. The number of hydrogen-bond donors (Lipinski definition) is 8. The van der Waals surface area contributed by atoms with Crippen molar-refractivity contribution in [3.63, 3.8) is 0 Å². The Balaban J connectivity index is 3.34. The zero-order chi connectivity index (χ0) is 69.8. The maximum atomic E-state index is 14.2. The van der Waals surface area contributed by atoms with E-state index in [1.54, 1.807) is 42.3 Å². The molecule has 0 bridgehead atoms. The molecule has 34 heteroatoms. The summed E-state index contributed by atoms with van der Waals surface area (Å²) in [4.78, 5) is 138. The molecule has 2 unspecified atom stereocenters. The predicted octanol–water partition coefficient (Wildman–Crippen LogP) is -0.396. The number of likely N-dealkylation sites (N-methyl/N-ethyl adjacent to an activating group) is 3. The summed E-state index contributed by atoms with van der Waals surface area (Å²) in [5, 5.41) is 56.9. The van der Waals surface area contributed by atoms with Gasteiger partial charge < -0.3 is 104 Å². The average Bonchev–Trinajstić information content (AvgIpc) is 1.19. The predicted molar refractivity (Wildman–Crippen MR) is 323 cm³/mol. The molecule has 0 aromatic carbocycles. The standard InChI is InChI=1S/C58H102N10O24/c1-14-19-59-49(79)89-38-57(6,39-90-50(80)60-20-24-65(8)9)47(77)87-34-55(4,35-88-48(78)58(7,40-91-51(81)61-21-25-66(10)11)41-92-52(82)62-22-26-67(12)13)45(75)83-27-18-16-15-17-23-68-28-42(63-64-68)29-84-46(76)56(5,36-85-43(73)53(2,30-69)31-70)37-86-44(74)54(3,32-71)33-72/h28,69-72H,14-27,29-41H2,1-13H3,(H,59,79)(H,60,80)(H,61,81)(H,62,82). The van der Waals surface area contributed by atoms with Gasteiger partial charge in [-0.1, -0.05) is 18.6 Å². The van der Waals surface area contributed by atoms with Gasteiger partial charge in [0.15, 0.2) is 0 Å². The van der Waals surface area contributed by atoms with E-state index in [4.69, 9.17) is 47.4 Å². The summed E-state index contributed by atoms with van der Waals surface area (Å²) in [6.07, 6.45) is 0.444. The van der Waals surface area contributed by atoms with E-state index in [2.05, 4.69) is 31.6 Å². The number of nitrogens with zero attached hydrogens (tertiary/aromatic N) is 6. The molecule has 0 aliphatic heterocycles. The fraction of sp³-hybridized carbons (Fsp3) is 0.793. The minimum atomic E-state index is -1.98. The molecule has 0 spiro atoms. The van der Waals surface area contributed by atoms with E-state index in [1.807, 2.05) is 21.6 Å². The lowest BCUT2D eigenvalue weighted by atomic mass is 9.90. The molecule has 0 aliphatic carbocycles. The number of carbonyl (C=O) groups excluding carboxylic acids is 10. The van der Waals surface area contributed by atoms with E-state index in [1.165, 1.54) is 52.4 Å². The van der Waals surface area contributed by atoms with Crippen LogP contribution in [0.5, 0.6) is 0 Å². The number of nitrogens with one attached hydrogen (secondary N) is 4. The smallest absolute Gasteiger partial charge is 0.407 e. The van der Waals surface area contributed by atoms with Crippen LogP contribution in [0.4, 0.5) is 19.2 Å². The van der Waals surface area contributed by atoms with Crippen molar-refractivity contribution < 1.29 is 116 Å². The van der Waals surface area contributed by atoms with E-state index in [0.29, 0.717) is 58.3 Å². The number of alkyl carbamates (subject to hydrolysis) is 4. The number of aliphatic hydroxyl groups is 4. The van der Waals surface area contributed by atoms with Gasteiger partial charge in [0.1, 0.15) is 97.6 Å². The highest BCUT2D eigenvalue weighted by Gasteiger charge is 2.47. The van der Waals surface area contributed by atoms with Crippen molar-refractivity contribution in [3.05, 3.63) is 11.9 Å². The van der Waals surface area contributed by atoms with Crippen LogP contribution < -0.4 is 21.3 Å². The molecule has 92 heavy (non-hydrogen) atoms. The Morgan fingerprint density at radius 2 is 0.707 bits per heavy atom. The van der Waals surface area contributed by atoms with Gasteiger partial charge in [-0.25, -0.2) is 19.2 Å². The fourth-order valence-electron chi connectivity index (χ4n) is 6.96. The highest BCUT2D eigenvalue weighted by Crippen LogP contribution is 2.30. The van der Waals surface area contributed by atoms with Crippen LogP contribution in [-0.2, 0) is 89.3 Å². The van der Waals surface area contributed by atoms with E-state index >= 15 is 0 Å². The number of carbonyl (C=O) groups is 10. The minimum Gasteiger partial charge on any atom is -0.465 e. The zero-order valence-electron chi connectivity index (χ0n) is 55.8. The third-order valence-corrected chi connectivity index (χ3v) is 14.0. The van der Waals surface area contributed by atoms with Crippen molar-refractivity contribution in [2.24, 2.45) is 32.5 Å². The average molecular weight is 1320 g/mol. The number of rotatable bonds is 46. The zero-order valence-corrected chi connectivity index (χ0v) is 55.8. The molecule has 0 saturated heterocycles. The number of esters is 6. The number of ether oxygens (including phenoxy) is 10. The third-order valence-electron chi connectivity index (χ3n) is 14.0. The molecule has 1 heterocycles. The maximum absolute atomic E-state index is 14.2. The first-order chi connectivity index (χ1) is 43.1. The molecule has 1 aromatic heterocycles. The largest absolute Gasteiger partial charge is 0.465 e. The van der Waals surface area contributed by atoms with Crippen molar-refractivity contribution in [2.75, 3.05) is 174 Å². The lowest BCUT2D eigenvalue weighted by molar-refractivity contribution is -0.182. The highest BCUT2D eigenvalue weighted by atomic mass is 16.6. The lowest BCUT2D eigenvalue weighted by Gasteiger charge is -2.32. The first-order valence-corrected chi connectivity index (χ1v) is 30.1. The Kier molecular flexibility index (Phi) is 37.2. The molecule has 8 N–H and O–H groups in total. The van der Waals surface area contributed by atoms with Gasteiger partial charge in [-0.15, -0.1) is 5.10 Å². The highest BCUT2D eigenvalue weighted by molar-refractivity contribution is 5.83. The number of hydrogen-bond acceptors (Lipinski definition) is 29. The quantitative estimate of drug-likeness (QED) is 0.0234. The summed E-state index contributed by atoms with van der Waals surface area (Å²) < 4.78 is 56.1. The molecule has 0 saturated carbocycles. The first kappa shape index (κ1) is 82.8. The normalized spacial score (nSPS) is 13.2. The van der Waals surface area contributed by atoms with E-state index in [-0.39, 0.29) is 38.5 Å². The second kappa shape index (κ2) is 41.4. The van der Waals surface area contributed by atoms with Gasteiger partial charge in [0.25, 0.3) is 0 Å². The molecular formula is C58H102N10O24. The fourth-order valence-corrected chi connectivity index (χ4v) is 6.96. The monoisotopic (exact) mass is 1320 g/mol. The van der Waals surface area contributed by atoms with Crippen LogP contribution in [0.15, 0.2) is 6.20 Å². The van der Waals surface area contributed by atoms with Crippen molar-refractivity contribution in [1.82, 2.24) is 51.0 Å². The molecule has 1 rings (SSSR count). The van der Waals surface area contributed by atoms with Gasteiger partial charge in [-0.05, 0) is 110 Å². The summed E-state index contributed by atoms with van der Waals surface area (Å²) in [5.41, 5.74) is -10.8. The Morgan fingerprint density at radius 3 is 1.03 bits per heavy atom. The van der Waals surface area contributed by atoms with Crippen LogP contribution >= 0.6 is 0 Å². The summed E-state index contributed by atoms with van der Waals surface area (Å²) in [6, 6.07) is 0. The Hall–Kier alpha value is -7.24. The maximum Gasteiger partial charge on any atom is 0.407 e. The number of aryl methyl sites for hydroxylation is 1. The molecule has 0 aliphatic rings. The minimum absolute atomic E-state index is 0.169. The third kappa shape index (κ3) is 30.5. The van der Waals surface area contributed by atoms with Gasteiger partial charge in [0.05, 0.1) is 39.2 Å².